The van der Waals surface area contributed by atoms with Crippen LogP contribution in [0.3, 0.4) is 0 Å². The zero-order valence-electron chi connectivity index (χ0n) is 31.9. The molecule has 0 aliphatic heterocycles. The quantitative estimate of drug-likeness (QED) is 0.0332. The van der Waals surface area contributed by atoms with E-state index in [1.807, 2.05) is 6.92 Å². The van der Waals surface area contributed by atoms with Gasteiger partial charge in [0.1, 0.15) is 12.2 Å². The Balaban J connectivity index is 3.80. The Morgan fingerprint density at radius 1 is 0.531 bits per heavy atom. The molecule has 0 aromatic heterocycles. The lowest BCUT2D eigenvalue weighted by Crippen LogP contribution is -2.53. The van der Waals surface area contributed by atoms with Crippen LogP contribution < -0.4 is 5.32 Å². The predicted octanol–water partition coefficient (Wildman–Crippen LogP) is 10.3. The Kier molecular flexibility index (Phi) is 36.2. The standard InChI is InChI=1S/C43H79NO5/c1-3-5-7-9-11-13-15-17-18-19-20-21-22-23-24-25-27-29-31-33-35-37-41(47)43(49)44-39(38-45)42(48)40(46)36-34-32-30-28-26-16-14-12-10-8-6-4-2/h4,6,12,14,22-23,28,30,39-42,45-48H,3,5,7-11,13,15-21,24-27,29,31-38H2,1-2H3,(H,44,49)/b6-4+,14-12+,23-22-,30-28+. The summed E-state index contributed by atoms with van der Waals surface area (Å²) in [5.41, 5.74) is 0. The van der Waals surface area contributed by atoms with Crippen molar-refractivity contribution in [3.05, 3.63) is 48.6 Å². The molecule has 1 amide bonds. The van der Waals surface area contributed by atoms with Crippen molar-refractivity contribution in [2.45, 2.75) is 212 Å². The molecule has 0 radical (unpaired) electrons. The van der Waals surface area contributed by atoms with E-state index >= 15 is 0 Å². The van der Waals surface area contributed by atoms with Crippen LogP contribution in [0.4, 0.5) is 0 Å². The van der Waals surface area contributed by atoms with Gasteiger partial charge in [0.05, 0.1) is 18.8 Å². The van der Waals surface area contributed by atoms with E-state index in [0.29, 0.717) is 19.3 Å². The number of carbonyl (C=O) groups excluding carboxylic acids is 1. The second-order valence-corrected chi connectivity index (χ2v) is 14.0. The first-order chi connectivity index (χ1) is 24.0. The predicted molar refractivity (Wildman–Crippen MR) is 210 cm³/mol. The van der Waals surface area contributed by atoms with Crippen molar-refractivity contribution in [3.8, 4) is 0 Å². The molecule has 0 rings (SSSR count). The molecular formula is C43H79NO5. The van der Waals surface area contributed by atoms with Crippen molar-refractivity contribution in [2.24, 2.45) is 0 Å². The smallest absolute Gasteiger partial charge is 0.249 e. The first kappa shape index (κ1) is 47.3. The van der Waals surface area contributed by atoms with Crippen LogP contribution in [0.1, 0.15) is 187 Å². The van der Waals surface area contributed by atoms with Gasteiger partial charge in [-0.3, -0.25) is 4.79 Å². The second kappa shape index (κ2) is 37.5. The zero-order chi connectivity index (χ0) is 36.0. The van der Waals surface area contributed by atoms with Crippen LogP contribution in [-0.4, -0.2) is 57.3 Å². The highest BCUT2D eigenvalue weighted by Gasteiger charge is 2.28. The van der Waals surface area contributed by atoms with E-state index in [9.17, 15) is 25.2 Å². The van der Waals surface area contributed by atoms with Crippen LogP contribution in [-0.2, 0) is 4.79 Å². The molecule has 4 atom stereocenters. The lowest BCUT2D eigenvalue weighted by atomic mass is 10.00. The SMILES string of the molecule is C/C=C/CC/C=C/CC/C=C/CCCC(O)C(O)C(CO)NC(=O)C(O)CCCCCCCC/C=C\CCCCCCCCCCCCC. The number of unbranched alkanes of at least 4 members (excludes halogenated alkanes) is 20. The average Bonchev–Trinajstić information content (AvgIpc) is 3.11. The highest BCUT2D eigenvalue weighted by atomic mass is 16.3. The molecule has 0 saturated heterocycles. The maximum absolute atomic E-state index is 12.5. The summed E-state index contributed by atoms with van der Waals surface area (Å²) < 4.78 is 0. The largest absolute Gasteiger partial charge is 0.394 e. The molecule has 0 saturated carbocycles. The summed E-state index contributed by atoms with van der Waals surface area (Å²) >= 11 is 0. The number of rotatable bonds is 36. The fraction of sp³-hybridized carbons (Fsp3) is 0.791. The van der Waals surface area contributed by atoms with Gasteiger partial charge in [-0.25, -0.2) is 0 Å². The summed E-state index contributed by atoms with van der Waals surface area (Å²) in [4.78, 5) is 12.5. The van der Waals surface area contributed by atoms with Gasteiger partial charge in [-0.05, 0) is 84.0 Å². The van der Waals surface area contributed by atoms with Crippen molar-refractivity contribution in [1.82, 2.24) is 5.32 Å². The normalized spacial score (nSPS) is 14.8. The molecule has 6 heteroatoms. The lowest BCUT2D eigenvalue weighted by Gasteiger charge is -2.27. The maximum atomic E-state index is 12.5. The minimum atomic E-state index is -1.29. The van der Waals surface area contributed by atoms with Gasteiger partial charge in [-0.2, -0.15) is 0 Å². The first-order valence-electron chi connectivity index (χ1n) is 20.5. The third-order valence-corrected chi connectivity index (χ3v) is 9.31. The monoisotopic (exact) mass is 690 g/mol. The third-order valence-electron chi connectivity index (χ3n) is 9.31. The molecule has 0 fully saturated rings. The van der Waals surface area contributed by atoms with Crippen LogP contribution in [0.15, 0.2) is 48.6 Å². The van der Waals surface area contributed by atoms with Gasteiger partial charge in [0.2, 0.25) is 5.91 Å². The molecule has 286 valence electrons. The Hall–Kier alpha value is -1.73. The number of hydrogen-bond donors (Lipinski definition) is 5. The van der Waals surface area contributed by atoms with Crippen molar-refractivity contribution < 1.29 is 25.2 Å². The minimum Gasteiger partial charge on any atom is -0.394 e. The van der Waals surface area contributed by atoms with Crippen LogP contribution in [0.2, 0.25) is 0 Å². The number of hydrogen-bond acceptors (Lipinski definition) is 5. The van der Waals surface area contributed by atoms with Crippen molar-refractivity contribution in [3.63, 3.8) is 0 Å². The Bertz CT molecular complexity index is 823. The molecule has 0 aromatic carbocycles. The highest BCUT2D eigenvalue weighted by Crippen LogP contribution is 2.14. The molecule has 4 unspecified atom stereocenters. The Morgan fingerprint density at radius 3 is 1.41 bits per heavy atom. The van der Waals surface area contributed by atoms with Crippen molar-refractivity contribution in [1.29, 1.82) is 0 Å². The number of aliphatic hydroxyl groups is 4. The molecule has 5 N–H and O–H groups in total. The van der Waals surface area contributed by atoms with Gasteiger partial charge in [0.25, 0.3) is 0 Å². The number of aliphatic hydroxyl groups excluding tert-OH is 4. The van der Waals surface area contributed by atoms with Crippen LogP contribution in [0, 0.1) is 0 Å². The van der Waals surface area contributed by atoms with Gasteiger partial charge >= 0.3 is 0 Å². The van der Waals surface area contributed by atoms with Gasteiger partial charge < -0.3 is 25.7 Å². The number of nitrogens with one attached hydrogen (secondary N) is 1. The third kappa shape index (κ3) is 32.0. The summed E-state index contributed by atoms with van der Waals surface area (Å²) in [7, 11) is 0. The van der Waals surface area contributed by atoms with E-state index in [1.165, 1.54) is 89.9 Å². The molecule has 0 aromatic rings. The van der Waals surface area contributed by atoms with Crippen LogP contribution >= 0.6 is 0 Å². The molecule has 0 aliphatic carbocycles. The summed E-state index contributed by atoms with van der Waals surface area (Å²) in [5.74, 6) is -0.607. The van der Waals surface area contributed by atoms with Gasteiger partial charge in [0.15, 0.2) is 0 Å². The number of carbonyl (C=O) groups is 1. The summed E-state index contributed by atoms with van der Waals surface area (Å²) in [6.07, 6.45) is 44.4. The van der Waals surface area contributed by atoms with E-state index in [4.69, 9.17) is 0 Å². The van der Waals surface area contributed by atoms with Crippen molar-refractivity contribution in [2.75, 3.05) is 6.61 Å². The van der Waals surface area contributed by atoms with Gasteiger partial charge in [-0.1, -0.05) is 152 Å². The summed E-state index contributed by atoms with van der Waals surface area (Å²) in [6, 6.07) is -1.01. The molecule has 6 nitrogen and oxygen atoms in total. The Morgan fingerprint density at radius 2 is 0.939 bits per heavy atom. The fourth-order valence-corrected chi connectivity index (χ4v) is 6.02. The molecule has 0 aliphatic rings. The topological polar surface area (TPSA) is 110 Å². The molecule has 0 bridgehead atoms. The molecule has 0 heterocycles. The van der Waals surface area contributed by atoms with E-state index in [2.05, 4.69) is 60.8 Å². The minimum absolute atomic E-state index is 0.350. The highest BCUT2D eigenvalue weighted by molar-refractivity contribution is 5.80. The van der Waals surface area contributed by atoms with Crippen LogP contribution in [0.25, 0.3) is 0 Å². The van der Waals surface area contributed by atoms with E-state index in [1.54, 1.807) is 0 Å². The van der Waals surface area contributed by atoms with Gasteiger partial charge in [-0.15, -0.1) is 0 Å². The van der Waals surface area contributed by atoms with Crippen LogP contribution in [0.5, 0.6) is 0 Å². The molecular weight excluding hydrogens is 610 g/mol. The number of allylic oxidation sites excluding steroid dienone is 8. The van der Waals surface area contributed by atoms with Gasteiger partial charge in [0, 0.05) is 0 Å². The molecule has 0 spiro atoms. The number of amides is 1. The zero-order valence-corrected chi connectivity index (χ0v) is 31.9. The average molecular weight is 690 g/mol. The summed E-state index contributed by atoms with van der Waals surface area (Å²) in [6.45, 7) is 3.80. The van der Waals surface area contributed by atoms with Crippen molar-refractivity contribution >= 4 is 5.91 Å². The van der Waals surface area contributed by atoms with E-state index in [0.717, 1.165) is 64.2 Å². The molecule has 49 heavy (non-hydrogen) atoms. The second-order valence-electron chi connectivity index (χ2n) is 14.0. The lowest BCUT2D eigenvalue weighted by molar-refractivity contribution is -0.132. The summed E-state index contributed by atoms with van der Waals surface area (Å²) in [5, 5.41) is 43.5. The van der Waals surface area contributed by atoms with E-state index < -0.39 is 36.9 Å². The maximum Gasteiger partial charge on any atom is 0.249 e. The first-order valence-corrected chi connectivity index (χ1v) is 20.5. The fourth-order valence-electron chi connectivity index (χ4n) is 6.02. The van der Waals surface area contributed by atoms with E-state index in [-0.39, 0.29) is 0 Å². The Labute approximate surface area is 302 Å².